The second-order valence-corrected chi connectivity index (χ2v) is 3.06. The van der Waals surface area contributed by atoms with Gasteiger partial charge in [0, 0.05) is 0 Å². The molecule has 4 heteroatoms. The monoisotopic (exact) mass is 176 g/mol. The van der Waals surface area contributed by atoms with Gasteiger partial charge in [0.2, 0.25) is 0 Å². The van der Waals surface area contributed by atoms with E-state index >= 15 is 0 Å². The zero-order chi connectivity index (χ0) is 8.69. The number of hydrogen-bond acceptors (Lipinski definition) is 2. The Morgan fingerprint density at radius 2 is 2.09 bits per heavy atom. The Balaban J connectivity index is 3.17. The number of unbranched alkanes of at least 4 members (excludes halogenated alkanes) is 2. The molecule has 0 heterocycles. The van der Waals surface area contributed by atoms with Crippen LogP contribution >= 0.6 is 11.6 Å². The molecule has 2 nitrogen and oxygen atoms in total. The zero-order valence-corrected chi connectivity index (χ0v) is 7.30. The van der Waals surface area contributed by atoms with Gasteiger partial charge < -0.3 is 10.0 Å². The highest BCUT2D eigenvalue weighted by Crippen LogP contribution is 2.09. The van der Waals surface area contributed by atoms with Crippen molar-refractivity contribution in [3.63, 3.8) is 0 Å². The van der Waals surface area contributed by atoms with Crippen LogP contribution in [0.15, 0.2) is 12.7 Å². The fourth-order valence-electron chi connectivity index (χ4n) is 0.777. The summed E-state index contributed by atoms with van der Waals surface area (Å²) >= 11 is 5.57. The summed E-state index contributed by atoms with van der Waals surface area (Å²) in [5.74, 6) is 0. The average molecular weight is 176 g/mol. The van der Waals surface area contributed by atoms with Crippen molar-refractivity contribution in [1.82, 2.24) is 0 Å². The van der Waals surface area contributed by atoms with Crippen LogP contribution in [0.3, 0.4) is 0 Å². The molecule has 0 aromatic rings. The maximum atomic E-state index is 8.58. The average Bonchev–Trinajstić information content (AvgIpc) is 1.97. The van der Waals surface area contributed by atoms with Crippen molar-refractivity contribution in [3.8, 4) is 0 Å². The normalized spacial score (nSPS) is 12.6. The van der Waals surface area contributed by atoms with Gasteiger partial charge in [-0.05, 0) is 19.3 Å². The molecule has 0 saturated heterocycles. The lowest BCUT2D eigenvalue weighted by atomic mass is 9.82. The van der Waals surface area contributed by atoms with E-state index in [9.17, 15) is 0 Å². The van der Waals surface area contributed by atoms with E-state index in [1.807, 2.05) is 6.08 Å². The second kappa shape index (κ2) is 6.71. The molecule has 1 atom stereocenters. The molecule has 64 valence electrons. The van der Waals surface area contributed by atoms with Gasteiger partial charge in [-0.1, -0.05) is 12.5 Å². The lowest BCUT2D eigenvalue weighted by Gasteiger charge is -2.05. The highest BCUT2D eigenvalue weighted by molar-refractivity contribution is 6.57. The van der Waals surface area contributed by atoms with Gasteiger partial charge in [0.15, 0.2) is 0 Å². The summed E-state index contributed by atoms with van der Waals surface area (Å²) in [5.41, 5.74) is 0. The summed E-state index contributed by atoms with van der Waals surface area (Å²) in [7, 11) is -1.39. The molecule has 0 aliphatic heterocycles. The Hall–Kier alpha value is 0.0149. The van der Waals surface area contributed by atoms with E-state index in [1.54, 1.807) is 0 Å². The third-order valence-electron chi connectivity index (χ3n) is 1.46. The first-order chi connectivity index (χ1) is 5.18. The van der Waals surface area contributed by atoms with Crippen LogP contribution in [0.5, 0.6) is 0 Å². The predicted molar refractivity (Wildman–Crippen MR) is 48.5 cm³/mol. The van der Waals surface area contributed by atoms with Gasteiger partial charge in [-0.3, -0.25) is 0 Å². The van der Waals surface area contributed by atoms with E-state index in [4.69, 9.17) is 21.6 Å². The molecule has 0 amide bonds. The molecule has 0 rings (SSSR count). The molecule has 0 aromatic carbocycles. The molecule has 0 aromatic heterocycles. The van der Waals surface area contributed by atoms with E-state index in [-0.39, 0.29) is 0 Å². The Morgan fingerprint density at radius 1 is 1.45 bits per heavy atom. The third kappa shape index (κ3) is 6.41. The first-order valence-corrected chi connectivity index (χ1v) is 4.23. The first-order valence-electron chi connectivity index (χ1n) is 3.79. The topological polar surface area (TPSA) is 40.5 Å². The minimum atomic E-state index is -1.39. The lowest BCUT2D eigenvalue weighted by Crippen LogP contribution is -2.25. The smallest absolute Gasteiger partial charge is 0.426 e. The molecule has 2 N–H and O–H groups in total. The van der Waals surface area contributed by atoms with Crippen molar-refractivity contribution in [2.24, 2.45) is 0 Å². The quantitative estimate of drug-likeness (QED) is 0.278. The molecule has 11 heavy (non-hydrogen) atoms. The van der Waals surface area contributed by atoms with Crippen molar-refractivity contribution in [2.75, 3.05) is 0 Å². The van der Waals surface area contributed by atoms with Gasteiger partial charge in [-0.15, -0.1) is 18.2 Å². The number of rotatable bonds is 6. The van der Waals surface area contributed by atoms with Crippen LogP contribution < -0.4 is 0 Å². The van der Waals surface area contributed by atoms with Crippen molar-refractivity contribution in [1.29, 1.82) is 0 Å². The first kappa shape index (κ1) is 11.0. The molecule has 0 aliphatic carbocycles. The van der Waals surface area contributed by atoms with Crippen LogP contribution in [-0.2, 0) is 0 Å². The summed E-state index contributed by atoms with van der Waals surface area (Å²) in [6.45, 7) is 3.58. The highest BCUT2D eigenvalue weighted by atomic mass is 35.5. The maximum Gasteiger partial charge on any atom is 0.470 e. The highest BCUT2D eigenvalue weighted by Gasteiger charge is 2.19. The van der Waals surface area contributed by atoms with Gasteiger partial charge in [0.05, 0.1) is 5.28 Å². The molecule has 0 bridgehead atoms. The van der Waals surface area contributed by atoms with E-state index in [0.717, 1.165) is 19.3 Å². The van der Waals surface area contributed by atoms with Crippen molar-refractivity contribution < 1.29 is 10.0 Å². The Kier molecular flexibility index (Phi) is 6.72. The SMILES string of the molecule is C=CCCCCC(Cl)B(O)O. The third-order valence-corrected chi connectivity index (χ3v) is 1.91. The van der Waals surface area contributed by atoms with Crippen LogP contribution in [0.4, 0.5) is 0 Å². The van der Waals surface area contributed by atoms with E-state index in [1.165, 1.54) is 0 Å². The fraction of sp³-hybridized carbons (Fsp3) is 0.714. The van der Waals surface area contributed by atoms with Crippen molar-refractivity contribution >= 4 is 18.7 Å². The molecule has 0 spiro atoms. The fourth-order valence-corrected chi connectivity index (χ4v) is 0.931. The van der Waals surface area contributed by atoms with Crippen LogP contribution in [0.25, 0.3) is 0 Å². The Morgan fingerprint density at radius 3 is 2.55 bits per heavy atom. The molecular weight excluding hydrogens is 162 g/mol. The van der Waals surface area contributed by atoms with Gasteiger partial charge in [0.25, 0.3) is 0 Å². The minimum Gasteiger partial charge on any atom is -0.426 e. The van der Waals surface area contributed by atoms with E-state index in [0.29, 0.717) is 6.42 Å². The van der Waals surface area contributed by atoms with E-state index in [2.05, 4.69) is 6.58 Å². The summed E-state index contributed by atoms with van der Waals surface area (Å²) in [6, 6.07) is 0. The molecule has 0 fully saturated rings. The van der Waals surface area contributed by atoms with Crippen molar-refractivity contribution in [2.45, 2.75) is 31.0 Å². The predicted octanol–water partition coefficient (Wildman–Crippen LogP) is 1.35. The Bertz CT molecular complexity index is 109. The summed E-state index contributed by atoms with van der Waals surface area (Å²) < 4.78 is 0. The standard InChI is InChI=1S/C7H14BClO2/c1-2-3-4-5-6-7(9)8(10)11/h2,7,10-11H,1,3-6H2. The number of allylic oxidation sites excluding steroid dienone is 1. The van der Waals surface area contributed by atoms with Gasteiger partial charge >= 0.3 is 7.12 Å². The minimum absolute atomic E-state index is 0.528. The van der Waals surface area contributed by atoms with Crippen LogP contribution in [0.2, 0.25) is 0 Å². The largest absolute Gasteiger partial charge is 0.470 e. The van der Waals surface area contributed by atoms with Gasteiger partial charge in [-0.2, -0.15) is 0 Å². The molecule has 0 radical (unpaired) electrons. The number of alkyl halides is 1. The maximum absolute atomic E-state index is 8.58. The number of halogens is 1. The van der Waals surface area contributed by atoms with E-state index < -0.39 is 12.4 Å². The molecule has 1 unspecified atom stereocenters. The van der Waals surface area contributed by atoms with Gasteiger partial charge in [-0.25, -0.2) is 0 Å². The molecule has 0 saturated carbocycles. The lowest BCUT2D eigenvalue weighted by molar-refractivity contribution is 0.397. The number of hydrogen-bond donors (Lipinski definition) is 2. The Labute approximate surface area is 73.0 Å². The van der Waals surface area contributed by atoms with Crippen molar-refractivity contribution in [3.05, 3.63) is 12.7 Å². The summed E-state index contributed by atoms with van der Waals surface area (Å²) in [4.78, 5) is 0. The van der Waals surface area contributed by atoms with Gasteiger partial charge in [0.1, 0.15) is 0 Å². The van der Waals surface area contributed by atoms with Crippen LogP contribution in [-0.4, -0.2) is 22.4 Å². The van der Waals surface area contributed by atoms with Crippen LogP contribution in [0, 0.1) is 0 Å². The van der Waals surface area contributed by atoms with Crippen LogP contribution in [0.1, 0.15) is 25.7 Å². The summed E-state index contributed by atoms with van der Waals surface area (Å²) in [5, 5.41) is 16.6. The summed E-state index contributed by atoms with van der Waals surface area (Å²) in [6.07, 6.45) is 5.38. The molecule has 0 aliphatic rings. The zero-order valence-electron chi connectivity index (χ0n) is 6.54. The molecular formula is C7H14BClO2. The second-order valence-electron chi connectivity index (χ2n) is 2.50.